The van der Waals surface area contributed by atoms with Crippen molar-refractivity contribution in [1.29, 1.82) is 0 Å². The average molecular weight is 371 g/mol. The lowest BCUT2D eigenvalue weighted by atomic mass is 9.90. The molecule has 0 saturated carbocycles. The van der Waals surface area contributed by atoms with Crippen molar-refractivity contribution in [2.45, 2.75) is 25.7 Å². The molecule has 0 fully saturated rings. The van der Waals surface area contributed by atoms with Gasteiger partial charge in [-0.3, -0.25) is 4.79 Å². The van der Waals surface area contributed by atoms with Crippen molar-refractivity contribution in [1.82, 2.24) is 4.98 Å². The summed E-state index contributed by atoms with van der Waals surface area (Å²) in [4.78, 5) is 28.8. The molecule has 0 saturated heterocycles. The van der Waals surface area contributed by atoms with E-state index in [4.69, 9.17) is 4.74 Å². The van der Waals surface area contributed by atoms with Crippen LogP contribution in [0.2, 0.25) is 0 Å². The van der Waals surface area contributed by atoms with Crippen LogP contribution in [0.1, 0.15) is 40.0 Å². The summed E-state index contributed by atoms with van der Waals surface area (Å²) in [5.41, 5.74) is 4.70. The first kappa shape index (κ1) is 18.1. The van der Waals surface area contributed by atoms with E-state index in [-0.39, 0.29) is 12.4 Å². The highest BCUT2D eigenvalue weighted by atomic mass is 16.5. The average Bonchev–Trinajstić information content (AvgIpc) is 2.75. The van der Waals surface area contributed by atoms with Gasteiger partial charge in [0.1, 0.15) is 0 Å². The van der Waals surface area contributed by atoms with E-state index in [1.165, 1.54) is 23.6 Å². The second-order valence-electron chi connectivity index (χ2n) is 6.98. The van der Waals surface area contributed by atoms with Crippen LogP contribution in [0.5, 0.6) is 0 Å². The Morgan fingerprint density at radius 3 is 2.68 bits per heavy atom. The quantitative estimate of drug-likeness (QED) is 0.375. The fraction of sp³-hybridized carbons (Fsp3) is 0.208. The molecule has 4 heteroatoms. The van der Waals surface area contributed by atoms with E-state index in [2.05, 4.69) is 4.98 Å². The van der Waals surface area contributed by atoms with Crippen molar-refractivity contribution in [3.8, 4) is 0 Å². The summed E-state index contributed by atoms with van der Waals surface area (Å²) in [5, 5.41) is 1.04. The highest BCUT2D eigenvalue weighted by Gasteiger charge is 2.14. The van der Waals surface area contributed by atoms with Crippen molar-refractivity contribution in [3.05, 3.63) is 83.1 Å². The van der Waals surface area contributed by atoms with Gasteiger partial charge in [0.25, 0.3) is 0 Å². The predicted octanol–water partition coefficient (Wildman–Crippen LogP) is 4.55. The van der Waals surface area contributed by atoms with E-state index < -0.39 is 5.97 Å². The number of esters is 1. The number of ketones is 1. The lowest BCUT2D eigenvalue weighted by molar-refractivity contribution is -0.136. The third-order valence-electron chi connectivity index (χ3n) is 5.03. The van der Waals surface area contributed by atoms with Crippen molar-refractivity contribution in [2.24, 2.45) is 0 Å². The lowest BCUT2D eigenvalue weighted by Crippen LogP contribution is -2.13. The first-order valence-corrected chi connectivity index (χ1v) is 9.55. The Bertz CT molecular complexity index is 1070. The molecule has 1 aliphatic carbocycles. The van der Waals surface area contributed by atoms with Gasteiger partial charge in [0.2, 0.25) is 0 Å². The maximum atomic E-state index is 12.3. The number of hydrogen-bond donors (Lipinski definition) is 0. The Labute approximate surface area is 163 Å². The van der Waals surface area contributed by atoms with Crippen LogP contribution in [0, 0.1) is 0 Å². The Balaban J connectivity index is 1.35. The Morgan fingerprint density at radius 2 is 1.79 bits per heavy atom. The molecule has 0 atom stereocenters. The minimum absolute atomic E-state index is 0.182. The molecule has 0 bridgehead atoms. The second kappa shape index (κ2) is 8.17. The Hall–Kier alpha value is -3.27. The van der Waals surface area contributed by atoms with Crippen molar-refractivity contribution < 1.29 is 14.3 Å². The first-order chi connectivity index (χ1) is 13.7. The number of nitrogens with zero attached hydrogens (tertiary/aromatic N) is 1. The number of carbonyl (C=O) groups excluding carboxylic acids is 2. The molecule has 1 heterocycles. The van der Waals surface area contributed by atoms with Crippen LogP contribution < -0.4 is 0 Å². The van der Waals surface area contributed by atoms with Gasteiger partial charge in [0.15, 0.2) is 12.4 Å². The van der Waals surface area contributed by atoms with E-state index in [9.17, 15) is 9.59 Å². The van der Waals surface area contributed by atoms with Gasteiger partial charge in [-0.15, -0.1) is 0 Å². The minimum atomic E-state index is -0.554. The standard InChI is InChI=1S/C24H21NO3/c26-23(20-10-9-17-5-1-2-7-19(17)15-20)16-28-24(27)14-13-21-12-11-18-6-3-4-8-22(18)25-21/h3-4,6,8-15H,1-2,5,7,16H2/b14-13+. The monoisotopic (exact) mass is 371 g/mol. The third-order valence-corrected chi connectivity index (χ3v) is 5.03. The number of ether oxygens (including phenoxy) is 1. The highest BCUT2D eigenvalue weighted by molar-refractivity contribution is 5.99. The van der Waals surface area contributed by atoms with Crippen LogP contribution >= 0.6 is 0 Å². The number of carbonyl (C=O) groups is 2. The van der Waals surface area contributed by atoms with Gasteiger partial charge in [-0.1, -0.05) is 36.4 Å². The zero-order chi connectivity index (χ0) is 19.3. The number of benzene rings is 2. The van der Waals surface area contributed by atoms with E-state index in [1.54, 1.807) is 6.08 Å². The summed E-state index contributed by atoms with van der Waals surface area (Å²) >= 11 is 0. The molecule has 0 unspecified atom stereocenters. The summed E-state index contributed by atoms with van der Waals surface area (Å²) < 4.78 is 5.11. The van der Waals surface area contributed by atoms with Gasteiger partial charge in [0.05, 0.1) is 11.2 Å². The summed E-state index contributed by atoms with van der Waals surface area (Å²) in [6.45, 7) is -0.257. The highest BCUT2D eigenvalue weighted by Crippen LogP contribution is 2.22. The number of aromatic nitrogens is 1. The van der Waals surface area contributed by atoms with Crippen LogP contribution in [-0.4, -0.2) is 23.3 Å². The fourth-order valence-corrected chi connectivity index (χ4v) is 3.50. The fourth-order valence-electron chi connectivity index (χ4n) is 3.50. The van der Waals surface area contributed by atoms with Crippen LogP contribution in [0.4, 0.5) is 0 Å². The summed E-state index contributed by atoms with van der Waals surface area (Å²) in [5.74, 6) is -0.736. The maximum Gasteiger partial charge on any atom is 0.331 e. The summed E-state index contributed by atoms with van der Waals surface area (Å²) in [6, 6.07) is 17.4. The van der Waals surface area contributed by atoms with Crippen molar-refractivity contribution in [3.63, 3.8) is 0 Å². The topological polar surface area (TPSA) is 56.3 Å². The SMILES string of the molecule is O=C(/C=C/c1ccc2ccccc2n1)OCC(=O)c1ccc2c(c1)CCCC2. The number of rotatable bonds is 5. The van der Waals surface area contributed by atoms with Gasteiger partial charge in [-0.25, -0.2) is 9.78 Å². The number of fused-ring (bicyclic) bond motifs is 2. The second-order valence-corrected chi connectivity index (χ2v) is 6.98. The Morgan fingerprint density at radius 1 is 0.964 bits per heavy atom. The smallest absolute Gasteiger partial charge is 0.331 e. The normalized spacial score (nSPS) is 13.4. The molecule has 28 heavy (non-hydrogen) atoms. The molecule has 3 aromatic rings. The van der Waals surface area contributed by atoms with E-state index >= 15 is 0 Å². The number of Topliss-reactive ketones (excluding diaryl/α,β-unsaturated/α-hetero) is 1. The summed E-state index contributed by atoms with van der Waals surface area (Å²) in [7, 11) is 0. The lowest BCUT2D eigenvalue weighted by Gasteiger charge is -2.16. The number of pyridine rings is 1. The number of aryl methyl sites for hydroxylation is 2. The van der Waals surface area contributed by atoms with Gasteiger partial charge in [0, 0.05) is 17.0 Å². The third kappa shape index (κ3) is 4.17. The number of para-hydroxylation sites is 1. The molecule has 4 rings (SSSR count). The zero-order valence-electron chi connectivity index (χ0n) is 15.6. The van der Waals surface area contributed by atoms with E-state index in [0.717, 1.165) is 30.2 Å². The maximum absolute atomic E-state index is 12.3. The molecule has 0 spiro atoms. The molecule has 0 amide bonds. The molecule has 0 N–H and O–H groups in total. The molecule has 2 aromatic carbocycles. The molecule has 0 radical (unpaired) electrons. The molecule has 140 valence electrons. The zero-order valence-corrected chi connectivity index (χ0v) is 15.6. The Kier molecular flexibility index (Phi) is 5.29. The van der Waals surface area contributed by atoms with Crippen LogP contribution in [0.25, 0.3) is 17.0 Å². The minimum Gasteiger partial charge on any atom is -0.454 e. The van der Waals surface area contributed by atoms with Gasteiger partial charge in [-0.2, -0.15) is 0 Å². The van der Waals surface area contributed by atoms with Crippen molar-refractivity contribution in [2.75, 3.05) is 6.61 Å². The first-order valence-electron chi connectivity index (χ1n) is 9.55. The summed E-state index contributed by atoms with van der Waals surface area (Å²) in [6.07, 6.45) is 7.35. The molecule has 0 aliphatic heterocycles. The van der Waals surface area contributed by atoms with Gasteiger partial charge in [-0.05, 0) is 61.1 Å². The number of hydrogen-bond acceptors (Lipinski definition) is 4. The van der Waals surface area contributed by atoms with Gasteiger partial charge < -0.3 is 4.74 Å². The van der Waals surface area contributed by atoms with Crippen LogP contribution in [-0.2, 0) is 22.4 Å². The van der Waals surface area contributed by atoms with Crippen molar-refractivity contribution >= 4 is 28.7 Å². The molecule has 4 nitrogen and oxygen atoms in total. The van der Waals surface area contributed by atoms with Gasteiger partial charge >= 0.3 is 5.97 Å². The molecular formula is C24H21NO3. The van der Waals surface area contributed by atoms with E-state index in [0.29, 0.717) is 11.3 Å². The van der Waals surface area contributed by atoms with Crippen LogP contribution in [0.3, 0.4) is 0 Å². The van der Waals surface area contributed by atoms with Crippen LogP contribution in [0.15, 0.2) is 60.7 Å². The van der Waals surface area contributed by atoms with E-state index in [1.807, 2.05) is 54.6 Å². The molecule has 1 aliphatic rings. The molecule has 1 aromatic heterocycles. The largest absolute Gasteiger partial charge is 0.454 e. The predicted molar refractivity (Wildman–Crippen MR) is 109 cm³/mol. The molecular weight excluding hydrogens is 350 g/mol.